The zero-order chi connectivity index (χ0) is 11.8. The molecule has 2 nitrogen and oxygen atoms in total. The summed E-state index contributed by atoms with van der Waals surface area (Å²) in [4.78, 5) is 0. The lowest BCUT2D eigenvalue weighted by molar-refractivity contribution is 0.395. The van der Waals surface area contributed by atoms with Crippen molar-refractivity contribution in [3.05, 3.63) is 34.5 Å². The second-order valence-electron chi connectivity index (χ2n) is 4.97. The van der Waals surface area contributed by atoms with E-state index in [1.54, 1.807) is 0 Å². The third-order valence-electron chi connectivity index (χ3n) is 2.34. The first kappa shape index (κ1) is 11.7. The summed E-state index contributed by atoms with van der Waals surface area (Å²) < 4.78 is 6.79. The molecule has 0 fully saturated rings. The van der Waals surface area contributed by atoms with Crippen LogP contribution in [-0.4, -0.2) is 5.54 Å². The van der Waals surface area contributed by atoms with Crippen molar-refractivity contribution in [2.75, 3.05) is 0 Å². The average Bonchev–Trinajstić information content (AvgIpc) is 2.58. The van der Waals surface area contributed by atoms with Gasteiger partial charge in [-0.2, -0.15) is 0 Å². The van der Waals surface area contributed by atoms with Gasteiger partial charge in [-0.15, -0.1) is 0 Å². The van der Waals surface area contributed by atoms with Crippen molar-refractivity contribution >= 4 is 26.9 Å². The highest BCUT2D eigenvalue weighted by Crippen LogP contribution is 2.27. The molecule has 0 amide bonds. The number of rotatable bonds is 2. The zero-order valence-corrected chi connectivity index (χ0v) is 11.4. The Bertz CT molecular complexity index is 496. The molecule has 0 radical (unpaired) electrons. The predicted molar refractivity (Wildman–Crippen MR) is 70.5 cm³/mol. The molecule has 0 bridgehead atoms. The first-order chi connectivity index (χ1) is 7.46. The molecule has 0 saturated carbocycles. The van der Waals surface area contributed by atoms with Crippen LogP contribution < -0.4 is 5.32 Å². The fourth-order valence-electron chi connectivity index (χ4n) is 1.52. The molecule has 0 aliphatic rings. The Labute approximate surface area is 104 Å². The van der Waals surface area contributed by atoms with Gasteiger partial charge in [-0.1, -0.05) is 12.1 Å². The molecule has 1 heterocycles. The molecular formula is C13H16BrNO. The fraction of sp³-hybridized carbons (Fsp3) is 0.385. The van der Waals surface area contributed by atoms with Crippen molar-refractivity contribution in [1.82, 2.24) is 5.32 Å². The Balaban J connectivity index is 2.24. The van der Waals surface area contributed by atoms with E-state index in [9.17, 15) is 0 Å². The summed E-state index contributed by atoms with van der Waals surface area (Å²) in [6, 6.07) is 8.15. The number of benzene rings is 1. The quantitative estimate of drug-likeness (QED) is 0.897. The van der Waals surface area contributed by atoms with Crippen molar-refractivity contribution < 1.29 is 4.42 Å². The minimum absolute atomic E-state index is 0.107. The first-order valence-electron chi connectivity index (χ1n) is 5.38. The van der Waals surface area contributed by atoms with Crippen LogP contribution in [-0.2, 0) is 6.54 Å². The molecule has 0 spiro atoms. The van der Waals surface area contributed by atoms with E-state index in [2.05, 4.69) is 54.2 Å². The van der Waals surface area contributed by atoms with Crippen LogP contribution in [0.2, 0.25) is 0 Å². The number of hydrogen-bond donors (Lipinski definition) is 1. The average molecular weight is 282 g/mol. The Kier molecular flexibility index (Phi) is 3.08. The largest absolute Gasteiger partial charge is 0.459 e. The topological polar surface area (TPSA) is 25.2 Å². The van der Waals surface area contributed by atoms with E-state index < -0.39 is 0 Å². The van der Waals surface area contributed by atoms with Crippen LogP contribution in [0.1, 0.15) is 26.5 Å². The smallest absolute Gasteiger partial charge is 0.148 e. The van der Waals surface area contributed by atoms with Gasteiger partial charge in [0.1, 0.15) is 11.3 Å². The minimum atomic E-state index is 0.107. The number of fused-ring (bicyclic) bond motifs is 1. The van der Waals surface area contributed by atoms with Crippen LogP contribution in [0.15, 0.2) is 33.2 Å². The first-order valence-corrected chi connectivity index (χ1v) is 6.17. The van der Waals surface area contributed by atoms with E-state index in [4.69, 9.17) is 4.42 Å². The number of furan rings is 1. The Morgan fingerprint density at radius 2 is 2.06 bits per heavy atom. The Morgan fingerprint density at radius 1 is 1.31 bits per heavy atom. The van der Waals surface area contributed by atoms with Gasteiger partial charge in [-0.05, 0) is 48.8 Å². The van der Waals surface area contributed by atoms with E-state index in [1.807, 2.05) is 12.1 Å². The van der Waals surface area contributed by atoms with E-state index in [0.717, 1.165) is 27.7 Å². The van der Waals surface area contributed by atoms with E-state index in [-0.39, 0.29) is 5.54 Å². The lowest BCUT2D eigenvalue weighted by Crippen LogP contribution is -2.34. The van der Waals surface area contributed by atoms with Gasteiger partial charge in [0, 0.05) is 10.9 Å². The number of hydrogen-bond acceptors (Lipinski definition) is 2. The highest BCUT2D eigenvalue weighted by molar-refractivity contribution is 9.10. The van der Waals surface area contributed by atoms with Gasteiger partial charge in [-0.25, -0.2) is 0 Å². The van der Waals surface area contributed by atoms with Gasteiger partial charge >= 0.3 is 0 Å². The van der Waals surface area contributed by atoms with Crippen LogP contribution in [0.4, 0.5) is 0 Å². The van der Waals surface area contributed by atoms with Gasteiger partial charge in [0.2, 0.25) is 0 Å². The van der Waals surface area contributed by atoms with Crippen LogP contribution in [0, 0.1) is 0 Å². The molecular weight excluding hydrogens is 266 g/mol. The SMILES string of the molecule is CC(C)(C)NCc1cc2cccc(Br)c2o1. The molecule has 0 aliphatic carbocycles. The van der Waals surface area contributed by atoms with E-state index >= 15 is 0 Å². The molecule has 1 N–H and O–H groups in total. The van der Waals surface area contributed by atoms with Crippen LogP contribution in [0.25, 0.3) is 11.0 Å². The second kappa shape index (κ2) is 4.22. The lowest BCUT2D eigenvalue weighted by atomic mass is 10.1. The van der Waals surface area contributed by atoms with Gasteiger partial charge in [0.05, 0.1) is 11.0 Å². The van der Waals surface area contributed by atoms with E-state index in [0.29, 0.717) is 0 Å². The predicted octanol–water partition coefficient (Wildman–Crippen LogP) is 4.08. The van der Waals surface area contributed by atoms with Crippen molar-refractivity contribution in [3.63, 3.8) is 0 Å². The maximum Gasteiger partial charge on any atom is 0.148 e. The lowest BCUT2D eigenvalue weighted by Gasteiger charge is -2.19. The Morgan fingerprint density at radius 3 is 2.69 bits per heavy atom. The summed E-state index contributed by atoms with van der Waals surface area (Å²) in [6.07, 6.45) is 0. The van der Waals surface area contributed by atoms with Crippen molar-refractivity contribution in [2.24, 2.45) is 0 Å². The van der Waals surface area contributed by atoms with Crippen LogP contribution in [0.3, 0.4) is 0 Å². The van der Waals surface area contributed by atoms with Gasteiger partial charge in [0.15, 0.2) is 0 Å². The summed E-state index contributed by atoms with van der Waals surface area (Å²) in [5.74, 6) is 0.969. The Hall–Kier alpha value is -0.800. The molecule has 2 aromatic rings. The molecule has 0 atom stereocenters. The molecule has 0 unspecified atom stereocenters. The van der Waals surface area contributed by atoms with E-state index in [1.165, 1.54) is 0 Å². The standard InChI is InChI=1S/C13H16BrNO/c1-13(2,3)15-8-10-7-9-5-4-6-11(14)12(9)16-10/h4-7,15H,8H2,1-3H3. The molecule has 1 aromatic heterocycles. The van der Waals surface area contributed by atoms with Crippen molar-refractivity contribution in [1.29, 1.82) is 0 Å². The second-order valence-corrected chi connectivity index (χ2v) is 5.83. The van der Waals surface area contributed by atoms with Crippen molar-refractivity contribution in [3.8, 4) is 0 Å². The number of nitrogens with one attached hydrogen (secondary N) is 1. The zero-order valence-electron chi connectivity index (χ0n) is 9.80. The van der Waals surface area contributed by atoms with Gasteiger partial charge < -0.3 is 9.73 Å². The molecule has 3 heteroatoms. The maximum atomic E-state index is 5.78. The molecule has 16 heavy (non-hydrogen) atoms. The summed E-state index contributed by atoms with van der Waals surface area (Å²) in [7, 11) is 0. The minimum Gasteiger partial charge on any atom is -0.459 e. The third kappa shape index (κ3) is 2.66. The molecule has 1 aromatic carbocycles. The monoisotopic (exact) mass is 281 g/mol. The normalized spacial score (nSPS) is 12.2. The molecule has 0 saturated heterocycles. The fourth-order valence-corrected chi connectivity index (χ4v) is 1.98. The molecule has 2 rings (SSSR count). The van der Waals surface area contributed by atoms with Crippen molar-refractivity contribution in [2.45, 2.75) is 32.9 Å². The van der Waals surface area contributed by atoms with Crippen LogP contribution in [0.5, 0.6) is 0 Å². The molecule has 0 aliphatic heterocycles. The number of halogens is 1. The summed E-state index contributed by atoms with van der Waals surface area (Å²) in [5, 5.41) is 4.55. The molecule has 86 valence electrons. The van der Waals surface area contributed by atoms with Gasteiger partial charge in [-0.3, -0.25) is 0 Å². The summed E-state index contributed by atoms with van der Waals surface area (Å²) in [6.45, 7) is 7.19. The third-order valence-corrected chi connectivity index (χ3v) is 2.96. The summed E-state index contributed by atoms with van der Waals surface area (Å²) >= 11 is 3.49. The number of para-hydroxylation sites is 1. The van der Waals surface area contributed by atoms with Crippen LogP contribution >= 0.6 is 15.9 Å². The maximum absolute atomic E-state index is 5.78. The summed E-state index contributed by atoms with van der Waals surface area (Å²) in [5.41, 5.74) is 1.03. The highest BCUT2D eigenvalue weighted by Gasteiger charge is 2.11. The van der Waals surface area contributed by atoms with Gasteiger partial charge in [0.25, 0.3) is 0 Å². The highest BCUT2D eigenvalue weighted by atomic mass is 79.9.